The average Bonchev–Trinajstić information content (AvgIpc) is 3.92. The van der Waals surface area contributed by atoms with E-state index in [1.165, 1.54) is 4.90 Å². The van der Waals surface area contributed by atoms with Crippen molar-refractivity contribution in [1.82, 2.24) is 35.4 Å². The Morgan fingerprint density at radius 3 is 2.17 bits per heavy atom. The van der Waals surface area contributed by atoms with Gasteiger partial charge >= 0.3 is 0 Å². The molecule has 12 nitrogen and oxygen atoms in total. The number of nitrogens with one attached hydrogen (secondary N) is 2. The topological polar surface area (TPSA) is 139 Å². The fourth-order valence-corrected chi connectivity index (χ4v) is 7.32. The molecule has 6 rings (SSSR count). The Bertz CT molecular complexity index is 2110. The van der Waals surface area contributed by atoms with Crippen LogP contribution in [0, 0.1) is 5.92 Å². The lowest BCUT2D eigenvalue weighted by Crippen LogP contribution is -2.57. The van der Waals surface area contributed by atoms with Gasteiger partial charge in [-0.15, -0.1) is 5.10 Å². The summed E-state index contributed by atoms with van der Waals surface area (Å²) in [6.07, 6.45) is 4.23. The van der Waals surface area contributed by atoms with Gasteiger partial charge in [0.05, 0.1) is 18.3 Å². The van der Waals surface area contributed by atoms with E-state index in [9.17, 15) is 19.2 Å². The second-order valence-corrected chi connectivity index (χ2v) is 15.2. The fraction of sp³-hybridized carbons (Fsp3) is 0.348. The summed E-state index contributed by atoms with van der Waals surface area (Å²) in [6, 6.07) is 33.9. The molecule has 58 heavy (non-hydrogen) atoms. The zero-order valence-electron chi connectivity index (χ0n) is 33.5. The molecule has 0 unspecified atom stereocenters. The van der Waals surface area contributed by atoms with Crippen molar-refractivity contribution in [3.63, 3.8) is 0 Å². The summed E-state index contributed by atoms with van der Waals surface area (Å²) in [5.74, 6) is -0.944. The molecule has 0 saturated carbocycles. The van der Waals surface area contributed by atoms with E-state index in [1.54, 1.807) is 47.1 Å². The van der Waals surface area contributed by atoms with Crippen LogP contribution >= 0.6 is 0 Å². The average molecular weight is 784 g/mol. The lowest BCUT2D eigenvalue weighted by Gasteiger charge is -2.34. The van der Waals surface area contributed by atoms with Gasteiger partial charge in [0, 0.05) is 26.6 Å². The smallest absolute Gasteiger partial charge is 0.255 e. The molecule has 0 bridgehead atoms. The Labute approximate surface area is 340 Å². The molecule has 1 aromatic heterocycles. The molecule has 2 heterocycles. The SMILES string of the molecule is CC(C)C[C@@H](NC(=O)c1ccccc1OCc1cn(Cc2ccccc2)nn1)C(=O)N1CCC[C@@H]1C(=O)N(C)[C@@H](Cc1ccccc1)C(=O)NCCc1ccccc1. The van der Waals surface area contributed by atoms with Gasteiger partial charge < -0.3 is 25.2 Å². The zero-order chi connectivity index (χ0) is 40.9. The third-order valence-electron chi connectivity index (χ3n) is 10.4. The highest BCUT2D eigenvalue weighted by atomic mass is 16.5. The molecule has 1 aliphatic heterocycles. The van der Waals surface area contributed by atoms with Gasteiger partial charge in [0.25, 0.3) is 5.91 Å². The minimum Gasteiger partial charge on any atom is -0.486 e. The summed E-state index contributed by atoms with van der Waals surface area (Å²) in [7, 11) is 1.64. The van der Waals surface area contributed by atoms with Gasteiger partial charge in [0.2, 0.25) is 17.7 Å². The van der Waals surface area contributed by atoms with Crippen molar-refractivity contribution < 1.29 is 23.9 Å². The van der Waals surface area contributed by atoms with E-state index in [-0.39, 0.29) is 35.8 Å². The number of rotatable bonds is 18. The van der Waals surface area contributed by atoms with Crippen LogP contribution in [-0.2, 0) is 40.4 Å². The van der Waals surface area contributed by atoms with Crippen LogP contribution in [-0.4, -0.2) is 86.7 Å². The van der Waals surface area contributed by atoms with Gasteiger partial charge in [-0.05, 0) is 60.4 Å². The number of carbonyl (C=O) groups is 4. The predicted molar refractivity (Wildman–Crippen MR) is 222 cm³/mol. The van der Waals surface area contributed by atoms with E-state index >= 15 is 0 Å². The quantitative estimate of drug-likeness (QED) is 0.120. The van der Waals surface area contributed by atoms with Crippen LogP contribution in [0.15, 0.2) is 121 Å². The number of likely N-dealkylation sites (tertiary alicyclic amines) is 1. The van der Waals surface area contributed by atoms with Crippen LogP contribution in [0.5, 0.6) is 5.75 Å². The Balaban J connectivity index is 1.12. The minimum absolute atomic E-state index is 0.0634. The van der Waals surface area contributed by atoms with E-state index in [2.05, 4.69) is 20.9 Å². The van der Waals surface area contributed by atoms with Crippen LogP contribution in [0.1, 0.15) is 65.9 Å². The van der Waals surface area contributed by atoms with Crippen molar-refractivity contribution in [3.8, 4) is 5.75 Å². The van der Waals surface area contributed by atoms with E-state index in [0.29, 0.717) is 63.2 Å². The second kappa shape index (κ2) is 20.2. The monoisotopic (exact) mass is 783 g/mol. The summed E-state index contributed by atoms with van der Waals surface area (Å²) >= 11 is 0. The normalized spacial score (nSPS) is 14.8. The molecule has 4 aromatic carbocycles. The van der Waals surface area contributed by atoms with Crippen molar-refractivity contribution in [2.75, 3.05) is 20.1 Å². The summed E-state index contributed by atoms with van der Waals surface area (Å²) < 4.78 is 7.81. The maximum absolute atomic E-state index is 14.4. The first kappa shape index (κ1) is 41.3. The largest absolute Gasteiger partial charge is 0.486 e. The Morgan fingerprint density at radius 1 is 0.845 bits per heavy atom. The molecule has 302 valence electrons. The molecule has 1 saturated heterocycles. The number of hydrogen-bond acceptors (Lipinski definition) is 7. The Kier molecular flexibility index (Phi) is 14.4. The lowest BCUT2D eigenvalue weighted by molar-refractivity contribution is -0.147. The molecule has 4 amide bonds. The third kappa shape index (κ3) is 11.2. The zero-order valence-corrected chi connectivity index (χ0v) is 33.5. The second-order valence-electron chi connectivity index (χ2n) is 15.2. The van der Waals surface area contributed by atoms with E-state index in [0.717, 1.165) is 16.7 Å². The predicted octanol–water partition coefficient (Wildman–Crippen LogP) is 5.47. The van der Waals surface area contributed by atoms with E-state index < -0.39 is 24.0 Å². The number of likely N-dealkylation sites (N-methyl/N-ethyl adjacent to an activating group) is 1. The number of benzene rings is 4. The standard InChI is InChI=1S/C46H53N7O5/c1-33(2)28-39(48-43(54)38-22-13-14-24-42(38)58-32-37-31-52(50-49-37)30-36-20-11-6-12-21-36)45(56)53-27-15-23-40(53)46(57)51(3)41(29-35-18-9-5-10-19-35)44(55)47-26-25-34-16-7-4-8-17-34/h4-14,16-22,24,31,33,39-41H,15,23,25-30,32H2,1-3H3,(H,47,55)(H,48,54)/t39-,40-,41+/m1/s1. The van der Waals surface area contributed by atoms with Crippen molar-refractivity contribution in [1.29, 1.82) is 0 Å². The molecule has 12 heteroatoms. The van der Waals surface area contributed by atoms with Crippen molar-refractivity contribution >= 4 is 23.6 Å². The van der Waals surface area contributed by atoms with Gasteiger partial charge in [0.1, 0.15) is 36.2 Å². The van der Waals surface area contributed by atoms with Crippen LogP contribution in [0.3, 0.4) is 0 Å². The molecule has 3 atom stereocenters. The summed E-state index contributed by atoms with van der Waals surface area (Å²) in [4.78, 5) is 59.5. The maximum Gasteiger partial charge on any atom is 0.255 e. The number of aromatic nitrogens is 3. The van der Waals surface area contributed by atoms with Crippen molar-refractivity contribution in [3.05, 3.63) is 149 Å². The van der Waals surface area contributed by atoms with Crippen molar-refractivity contribution in [2.45, 2.75) is 77.2 Å². The number of carbonyl (C=O) groups excluding carboxylic acids is 4. The van der Waals surface area contributed by atoms with E-state index in [1.807, 2.05) is 105 Å². The first-order chi connectivity index (χ1) is 28.2. The van der Waals surface area contributed by atoms with Crippen molar-refractivity contribution in [2.24, 2.45) is 5.92 Å². The van der Waals surface area contributed by atoms with Gasteiger partial charge in [0.15, 0.2) is 0 Å². The molecule has 2 N–H and O–H groups in total. The number of para-hydroxylation sites is 1. The third-order valence-corrected chi connectivity index (χ3v) is 10.4. The summed E-state index contributed by atoms with van der Waals surface area (Å²) in [6.45, 7) is 5.42. The van der Waals surface area contributed by atoms with Crippen LogP contribution in [0.2, 0.25) is 0 Å². The van der Waals surface area contributed by atoms with Gasteiger partial charge in [-0.2, -0.15) is 0 Å². The first-order valence-corrected chi connectivity index (χ1v) is 20.0. The van der Waals surface area contributed by atoms with Crippen LogP contribution in [0.4, 0.5) is 0 Å². The van der Waals surface area contributed by atoms with Gasteiger partial charge in [-0.1, -0.05) is 122 Å². The lowest BCUT2D eigenvalue weighted by atomic mass is 10.0. The molecule has 5 aromatic rings. The Morgan fingerprint density at radius 2 is 1.48 bits per heavy atom. The molecule has 0 spiro atoms. The first-order valence-electron chi connectivity index (χ1n) is 20.0. The fourth-order valence-electron chi connectivity index (χ4n) is 7.32. The molecular formula is C46H53N7O5. The number of ether oxygens (including phenoxy) is 1. The maximum atomic E-state index is 14.4. The highest BCUT2D eigenvalue weighted by molar-refractivity contribution is 6.00. The molecule has 0 radical (unpaired) electrons. The number of nitrogens with zero attached hydrogens (tertiary/aromatic N) is 5. The van der Waals surface area contributed by atoms with Gasteiger partial charge in [-0.25, -0.2) is 4.68 Å². The minimum atomic E-state index is -0.890. The molecule has 1 fully saturated rings. The number of amides is 4. The highest BCUT2D eigenvalue weighted by Gasteiger charge is 2.41. The Hall–Kier alpha value is -6.30. The summed E-state index contributed by atoms with van der Waals surface area (Å²) in [5, 5.41) is 14.5. The van der Waals surface area contributed by atoms with Gasteiger partial charge in [-0.3, -0.25) is 19.2 Å². The number of hydrogen-bond donors (Lipinski definition) is 2. The molecular weight excluding hydrogens is 731 g/mol. The molecule has 1 aliphatic rings. The van der Waals surface area contributed by atoms with E-state index in [4.69, 9.17) is 4.74 Å². The van der Waals surface area contributed by atoms with Crippen LogP contribution in [0.25, 0.3) is 0 Å². The highest BCUT2D eigenvalue weighted by Crippen LogP contribution is 2.25. The summed E-state index contributed by atoms with van der Waals surface area (Å²) in [5.41, 5.74) is 3.99. The molecule has 0 aliphatic carbocycles. The van der Waals surface area contributed by atoms with Crippen LogP contribution < -0.4 is 15.4 Å².